The molecule has 3 amide bonds. The maximum Gasteiger partial charge on any atom is 0.306 e. The number of fused-ring (bicyclic) bond motifs is 1. The van der Waals surface area contributed by atoms with Gasteiger partial charge in [-0.1, -0.05) is 54.1 Å². The van der Waals surface area contributed by atoms with Crippen molar-refractivity contribution in [1.29, 1.82) is 0 Å². The molecule has 0 aliphatic carbocycles. The van der Waals surface area contributed by atoms with Crippen molar-refractivity contribution in [2.75, 3.05) is 24.7 Å². The number of halogens is 1. The molecule has 2 N–H and O–H groups in total. The predicted molar refractivity (Wildman–Crippen MR) is 173 cm³/mol. The van der Waals surface area contributed by atoms with E-state index in [0.717, 1.165) is 5.56 Å². The Morgan fingerprint density at radius 3 is 2.54 bits per heavy atom. The number of rotatable bonds is 14. The maximum atomic E-state index is 14.5. The standard InChI is InChI=1S/C35H40ClN3O7/c1-4-6-12-28(41)45-21-26(23-10-8-7-9-11-23)37-32(42)29-27-17-18-35(46-27)30(29)33(43)39(22(3)20-40)31(35)34(44)38(19-5-2)25-15-13-24(36)14-16-25/h4-5,7-11,13-16,22,26-27,29-31,40H,1-2,6,12,17-21H2,3H3,(H,37,42)/t22-,26+,27+,29-,30-,31+,35-/m1/s1. The molecule has 7 atom stereocenters. The third-order valence-corrected chi connectivity index (χ3v) is 9.46. The summed E-state index contributed by atoms with van der Waals surface area (Å²) in [4.78, 5) is 58.2. The van der Waals surface area contributed by atoms with Gasteiger partial charge in [-0.25, -0.2) is 0 Å². The number of anilines is 1. The van der Waals surface area contributed by atoms with E-state index in [0.29, 0.717) is 30.0 Å². The lowest BCUT2D eigenvalue weighted by Crippen LogP contribution is -2.58. The molecule has 10 nitrogen and oxygen atoms in total. The van der Waals surface area contributed by atoms with Crippen LogP contribution in [0.3, 0.4) is 0 Å². The smallest absolute Gasteiger partial charge is 0.306 e. The Morgan fingerprint density at radius 2 is 1.89 bits per heavy atom. The fourth-order valence-corrected chi connectivity index (χ4v) is 7.22. The van der Waals surface area contributed by atoms with E-state index in [1.807, 2.05) is 30.3 Å². The number of aliphatic hydroxyl groups is 1. The first kappa shape index (κ1) is 33.4. The van der Waals surface area contributed by atoms with Gasteiger partial charge >= 0.3 is 5.97 Å². The van der Waals surface area contributed by atoms with Gasteiger partial charge in [-0.2, -0.15) is 0 Å². The van der Waals surface area contributed by atoms with Gasteiger partial charge in [0.2, 0.25) is 11.8 Å². The van der Waals surface area contributed by atoms with E-state index in [1.165, 1.54) is 9.80 Å². The van der Waals surface area contributed by atoms with Crippen molar-refractivity contribution >= 4 is 41.0 Å². The second-order valence-corrected chi connectivity index (χ2v) is 12.5. The molecular formula is C35H40ClN3O7. The monoisotopic (exact) mass is 649 g/mol. The van der Waals surface area contributed by atoms with E-state index in [9.17, 15) is 24.3 Å². The largest absolute Gasteiger partial charge is 0.463 e. The van der Waals surface area contributed by atoms with E-state index in [4.69, 9.17) is 21.1 Å². The number of ether oxygens (including phenoxy) is 2. The topological polar surface area (TPSA) is 125 Å². The van der Waals surface area contributed by atoms with Crippen LogP contribution in [0, 0.1) is 11.8 Å². The van der Waals surface area contributed by atoms with Crippen molar-refractivity contribution < 1.29 is 33.8 Å². The van der Waals surface area contributed by atoms with E-state index in [2.05, 4.69) is 18.5 Å². The number of hydrogen-bond acceptors (Lipinski definition) is 7. The number of allylic oxidation sites excluding steroid dienone is 1. The van der Waals surface area contributed by atoms with Gasteiger partial charge in [-0.15, -0.1) is 13.2 Å². The first-order valence-electron chi connectivity index (χ1n) is 15.6. The molecule has 0 radical (unpaired) electrons. The molecule has 11 heteroatoms. The molecule has 5 rings (SSSR count). The fourth-order valence-electron chi connectivity index (χ4n) is 7.10. The maximum absolute atomic E-state index is 14.5. The Morgan fingerprint density at radius 1 is 1.17 bits per heavy atom. The molecule has 3 aliphatic heterocycles. The minimum absolute atomic E-state index is 0.0971. The molecule has 3 fully saturated rings. The van der Waals surface area contributed by atoms with Gasteiger partial charge in [-0.05, 0) is 56.0 Å². The summed E-state index contributed by atoms with van der Waals surface area (Å²) in [6.45, 7) is 8.80. The summed E-state index contributed by atoms with van der Waals surface area (Å²) in [6.07, 6.45) is 4.15. The van der Waals surface area contributed by atoms with Crippen molar-refractivity contribution in [2.45, 2.75) is 62.4 Å². The molecular weight excluding hydrogens is 610 g/mol. The zero-order chi connectivity index (χ0) is 33.0. The van der Waals surface area contributed by atoms with Gasteiger partial charge in [0.1, 0.15) is 18.2 Å². The van der Waals surface area contributed by atoms with Crippen molar-refractivity contribution in [3.8, 4) is 0 Å². The van der Waals surface area contributed by atoms with Crippen LogP contribution in [-0.4, -0.2) is 77.2 Å². The lowest BCUT2D eigenvalue weighted by atomic mass is 9.70. The van der Waals surface area contributed by atoms with E-state index in [-0.39, 0.29) is 26.2 Å². The highest BCUT2D eigenvalue weighted by Gasteiger charge is 2.75. The molecule has 0 unspecified atom stereocenters. The van der Waals surface area contributed by atoms with Gasteiger partial charge in [0.25, 0.3) is 5.91 Å². The van der Waals surface area contributed by atoms with Crippen LogP contribution in [0.4, 0.5) is 5.69 Å². The minimum Gasteiger partial charge on any atom is -0.463 e. The Hall–Kier alpha value is -3.99. The molecule has 2 bridgehead atoms. The van der Waals surface area contributed by atoms with Gasteiger partial charge in [0.05, 0.1) is 36.6 Å². The molecule has 3 saturated heterocycles. The number of nitrogens with one attached hydrogen (secondary N) is 1. The summed E-state index contributed by atoms with van der Waals surface area (Å²) in [6, 6.07) is 13.5. The molecule has 1 spiro atoms. The number of carbonyl (C=O) groups excluding carboxylic acids is 4. The van der Waals surface area contributed by atoms with Crippen molar-refractivity contribution in [3.63, 3.8) is 0 Å². The minimum atomic E-state index is -1.27. The predicted octanol–water partition coefficient (Wildman–Crippen LogP) is 3.98. The van der Waals surface area contributed by atoms with Crippen LogP contribution in [0.15, 0.2) is 79.9 Å². The SMILES string of the molecule is C=CCCC(=O)OC[C@H](NC(=O)[C@@H]1[C@@H]2CC[C@]3(O2)[C@H](C(=O)N(CC=C)c2ccc(Cl)cc2)N([C@H](C)CO)C(=O)[C@@H]13)c1ccccc1. The van der Waals surface area contributed by atoms with Gasteiger partial charge in [0.15, 0.2) is 0 Å². The number of esters is 1. The van der Waals surface area contributed by atoms with Crippen LogP contribution in [0.5, 0.6) is 0 Å². The second-order valence-electron chi connectivity index (χ2n) is 12.0. The number of aliphatic hydroxyl groups excluding tert-OH is 1. The van der Waals surface area contributed by atoms with Crippen LogP contribution >= 0.6 is 11.6 Å². The van der Waals surface area contributed by atoms with Crippen LogP contribution in [-0.2, 0) is 28.7 Å². The van der Waals surface area contributed by atoms with E-state index >= 15 is 0 Å². The highest BCUT2D eigenvalue weighted by molar-refractivity contribution is 6.30. The molecule has 244 valence electrons. The summed E-state index contributed by atoms with van der Waals surface area (Å²) in [7, 11) is 0. The summed E-state index contributed by atoms with van der Waals surface area (Å²) in [5.74, 6) is -3.48. The molecule has 0 saturated carbocycles. The fraction of sp³-hybridized carbons (Fsp3) is 0.429. The van der Waals surface area contributed by atoms with Gasteiger partial charge in [0, 0.05) is 23.7 Å². The van der Waals surface area contributed by atoms with Crippen LogP contribution in [0.25, 0.3) is 0 Å². The van der Waals surface area contributed by atoms with E-state index in [1.54, 1.807) is 43.3 Å². The molecule has 3 aliphatic rings. The summed E-state index contributed by atoms with van der Waals surface area (Å²) >= 11 is 6.11. The normalized spacial score (nSPS) is 25.8. The molecule has 2 aromatic rings. The number of carbonyl (C=O) groups is 4. The number of hydrogen-bond donors (Lipinski definition) is 2. The zero-order valence-corrected chi connectivity index (χ0v) is 26.6. The summed E-state index contributed by atoms with van der Waals surface area (Å²) < 4.78 is 12.1. The third-order valence-electron chi connectivity index (χ3n) is 9.21. The average molecular weight is 650 g/mol. The molecule has 2 aromatic carbocycles. The van der Waals surface area contributed by atoms with Crippen molar-refractivity contribution in [1.82, 2.24) is 10.2 Å². The number of nitrogens with zero attached hydrogens (tertiary/aromatic N) is 2. The quantitative estimate of drug-likeness (QED) is 0.234. The van der Waals surface area contributed by atoms with Crippen molar-refractivity contribution in [2.24, 2.45) is 11.8 Å². The Bertz CT molecular complexity index is 1470. The highest BCUT2D eigenvalue weighted by atomic mass is 35.5. The summed E-state index contributed by atoms with van der Waals surface area (Å²) in [5.41, 5.74) is 0.0269. The zero-order valence-electron chi connectivity index (χ0n) is 25.8. The third kappa shape index (κ3) is 6.21. The van der Waals surface area contributed by atoms with Crippen molar-refractivity contribution in [3.05, 3.63) is 90.5 Å². The van der Waals surface area contributed by atoms with Crippen LogP contribution < -0.4 is 10.2 Å². The Labute approximate surface area is 274 Å². The second kappa shape index (κ2) is 14.2. The van der Waals surface area contributed by atoms with Crippen LogP contribution in [0.1, 0.15) is 44.2 Å². The number of likely N-dealkylation sites (tertiary alicyclic amines) is 1. The molecule has 3 heterocycles. The lowest BCUT2D eigenvalue weighted by molar-refractivity contribution is -0.146. The molecule has 46 heavy (non-hydrogen) atoms. The average Bonchev–Trinajstić information content (AvgIpc) is 3.72. The Balaban J connectivity index is 1.46. The van der Waals surface area contributed by atoms with Crippen LogP contribution in [0.2, 0.25) is 5.02 Å². The van der Waals surface area contributed by atoms with E-state index < -0.39 is 65.4 Å². The highest BCUT2D eigenvalue weighted by Crippen LogP contribution is 2.59. The first-order chi connectivity index (χ1) is 22.2. The van der Waals surface area contributed by atoms with Gasteiger partial charge < -0.3 is 29.7 Å². The number of benzene rings is 2. The summed E-state index contributed by atoms with van der Waals surface area (Å²) in [5, 5.41) is 13.7. The Kier molecular flexibility index (Phi) is 10.3. The lowest BCUT2D eigenvalue weighted by Gasteiger charge is -2.38. The van der Waals surface area contributed by atoms with Gasteiger partial charge in [-0.3, -0.25) is 19.2 Å². The number of amides is 3. The molecule has 0 aromatic heterocycles. The first-order valence-corrected chi connectivity index (χ1v) is 15.9.